The van der Waals surface area contributed by atoms with Crippen molar-refractivity contribution in [3.8, 4) is 0 Å². The minimum absolute atomic E-state index is 0.178. The van der Waals surface area contributed by atoms with Gasteiger partial charge in [-0.3, -0.25) is 13.9 Å². The first kappa shape index (κ1) is 53.0. The Hall–Kier alpha value is -4.60. The van der Waals surface area contributed by atoms with Crippen molar-refractivity contribution in [1.82, 2.24) is 19.1 Å². The van der Waals surface area contributed by atoms with E-state index >= 15 is 0 Å². The number of rotatable bonds is 2. The molecular formula is C45H62N8O8S4. The molecule has 6 bridgehead atoms. The second-order valence-corrected chi connectivity index (χ2v) is 20.8. The van der Waals surface area contributed by atoms with Crippen LogP contribution in [0, 0.1) is 34.6 Å². The third-order valence-corrected chi connectivity index (χ3v) is 14.5. The molecule has 16 nitrogen and oxygen atoms in total. The number of hydrogen-bond donors (Lipinski definition) is 2. The maximum Gasteiger partial charge on any atom is 0.361 e. The molecule has 0 radical (unpaired) electrons. The first-order valence-corrected chi connectivity index (χ1v) is 26.4. The Morgan fingerprint density at radius 2 is 0.969 bits per heavy atom. The van der Waals surface area contributed by atoms with Crippen LogP contribution in [-0.4, -0.2) is 69.6 Å². The van der Waals surface area contributed by atoms with Crippen molar-refractivity contribution in [3.63, 3.8) is 0 Å². The van der Waals surface area contributed by atoms with Gasteiger partial charge in [-0.15, -0.1) is 0 Å². The number of nitrogens with zero attached hydrogens (tertiary/aromatic N) is 6. The maximum absolute atomic E-state index is 13.3. The Morgan fingerprint density at radius 3 is 1.37 bits per heavy atom. The summed E-state index contributed by atoms with van der Waals surface area (Å²) in [4.78, 5) is 35.4. The predicted molar refractivity (Wildman–Crippen MR) is 254 cm³/mol. The third kappa shape index (κ3) is 17.3. The molecule has 4 heterocycles. The zero-order chi connectivity index (χ0) is 47.7. The summed E-state index contributed by atoms with van der Waals surface area (Å²) in [6.45, 7) is 12.5. The zero-order valence-electron chi connectivity index (χ0n) is 38.3. The van der Waals surface area contributed by atoms with E-state index in [0.29, 0.717) is 13.1 Å². The normalized spacial score (nSPS) is 14.8. The molecule has 0 aliphatic carbocycles. The topological polar surface area (TPSA) is 216 Å². The second kappa shape index (κ2) is 25.3. The van der Waals surface area contributed by atoms with Crippen LogP contribution in [-0.2, 0) is 47.4 Å². The summed E-state index contributed by atoms with van der Waals surface area (Å²) in [7, 11) is -4.44. The van der Waals surface area contributed by atoms with Crippen molar-refractivity contribution in [2.24, 2.45) is 14.1 Å². The summed E-state index contributed by atoms with van der Waals surface area (Å²) in [5.41, 5.74) is 4.49. The van der Waals surface area contributed by atoms with E-state index in [1.165, 1.54) is 47.4 Å². The Balaban J connectivity index is 0.000000340. The van der Waals surface area contributed by atoms with Gasteiger partial charge in [0.05, 0.1) is 23.9 Å². The molecule has 0 fully saturated rings. The molecule has 6 rings (SSSR count). The first-order chi connectivity index (χ1) is 30.7. The summed E-state index contributed by atoms with van der Waals surface area (Å²) < 4.78 is 69.7. The first-order valence-electron chi connectivity index (χ1n) is 21.6. The molecule has 2 aromatic carbocycles. The molecule has 0 saturated heterocycles. The van der Waals surface area contributed by atoms with Crippen molar-refractivity contribution >= 4 is 55.4 Å². The number of aromatic nitrogens is 6. The number of anilines is 2. The average molecular weight is 971 g/mol. The van der Waals surface area contributed by atoms with Gasteiger partial charge in [-0.25, -0.2) is 30.8 Å². The number of aryl methyl sites for hydroxylation is 5. The van der Waals surface area contributed by atoms with E-state index in [4.69, 9.17) is 9.97 Å². The minimum Gasteiger partial charge on any atom is -0.744 e. The third-order valence-electron chi connectivity index (χ3n) is 10.6. The number of thioether (sulfide) groups is 2. The number of benzene rings is 2. The van der Waals surface area contributed by atoms with Crippen LogP contribution in [0.4, 0.5) is 11.6 Å². The fraction of sp³-hybridized carbons (Fsp3) is 0.467. The molecule has 1 aliphatic rings. The molecule has 1 aliphatic heterocycles. The van der Waals surface area contributed by atoms with Crippen LogP contribution < -0.4 is 31.0 Å². The van der Waals surface area contributed by atoms with Crippen molar-refractivity contribution in [1.29, 1.82) is 0 Å². The number of hydrogen-bond acceptors (Lipinski definition) is 14. The van der Waals surface area contributed by atoms with Gasteiger partial charge >= 0.3 is 16.0 Å². The maximum atomic E-state index is 13.3. The van der Waals surface area contributed by atoms with Crippen LogP contribution in [0.15, 0.2) is 96.4 Å². The van der Waals surface area contributed by atoms with Gasteiger partial charge in [-0.2, -0.15) is 0 Å². The predicted octanol–water partition coefficient (Wildman–Crippen LogP) is 5.72. The summed E-state index contributed by atoms with van der Waals surface area (Å²) in [5.74, 6) is 3.63. The lowest BCUT2D eigenvalue weighted by atomic mass is 10.2. The highest BCUT2D eigenvalue weighted by atomic mass is 32.2. The van der Waals surface area contributed by atoms with Crippen LogP contribution in [0.5, 0.6) is 0 Å². The van der Waals surface area contributed by atoms with Crippen LogP contribution >= 0.6 is 23.5 Å². The Morgan fingerprint density at radius 1 is 0.569 bits per heavy atom. The second-order valence-electron chi connectivity index (χ2n) is 15.9. The highest BCUT2D eigenvalue weighted by Gasteiger charge is 2.18. The summed E-state index contributed by atoms with van der Waals surface area (Å²) in [6.07, 6.45) is 8.01. The van der Waals surface area contributed by atoms with Gasteiger partial charge < -0.3 is 19.7 Å². The Kier molecular flexibility index (Phi) is 20.7. The molecule has 5 aromatic rings. The van der Waals surface area contributed by atoms with Crippen molar-refractivity contribution < 1.29 is 35.1 Å². The SMILES string of the molecule is Cc1cc(=O)n2c(=O)n1CCCCSc1nc(cc(C)[n+]1C)NCCCCCCNc1cc(C)[n+](C)c(n1)SCCCC2.Cc1ccc(S(=O)(=O)[O-])cc1.Cc1ccc(S(=O)(=O)[O-])cc1. The molecule has 0 unspecified atom stereocenters. The molecule has 354 valence electrons. The van der Waals surface area contributed by atoms with Gasteiger partial charge in [-0.1, -0.05) is 48.2 Å². The lowest BCUT2D eigenvalue weighted by molar-refractivity contribution is -0.718. The van der Waals surface area contributed by atoms with Gasteiger partial charge in [-0.05, 0) is 131 Å². The van der Waals surface area contributed by atoms with Gasteiger partial charge in [0.25, 0.3) is 5.56 Å². The fourth-order valence-corrected chi connectivity index (χ4v) is 9.47. The van der Waals surface area contributed by atoms with Gasteiger partial charge in [0.15, 0.2) is 0 Å². The largest absolute Gasteiger partial charge is 0.744 e. The molecule has 0 spiro atoms. The monoisotopic (exact) mass is 970 g/mol. The van der Waals surface area contributed by atoms with Crippen LogP contribution in [0.2, 0.25) is 0 Å². The fourth-order valence-electron chi connectivity index (χ4n) is 6.47. The molecule has 20 heteroatoms. The molecule has 0 saturated carbocycles. The Labute approximate surface area is 391 Å². The summed E-state index contributed by atoms with van der Waals surface area (Å²) in [6, 6.07) is 17.4. The van der Waals surface area contributed by atoms with Gasteiger partial charge in [0.1, 0.15) is 31.6 Å². The molecular weight excluding hydrogens is 909 g/mol. The van der Waals surface area contributed by atoms with Gasteiger partial charge in [0.2, 0.25) is 11.6 Å². The van der Waals surface area contributed by atoms with E-state index in [1.807, 2.05) is 27.8 Å². The molecule has 3 aromatic heterocycles. The highest BCUT2D eigenvalue weighted by molar-refractivity contribution is 7.99. The number of nitrogens with one attached hydrogen (secondary N) is 2. The van der Waals surface area contributed by atoms with Crippen LogP contribution in [0.3, 0.4) is 0 Å². The standard InChI is InChI=1S/C31H46N8O2S2.2C7H8O3S/c1-23-20-26-32-14-8-6-7-9-15-33-27-21-24(2)37(5)30(35-27)43-19-13-11-17-39-28(40)22-25(3)38(31(39)41)16-10-12-18-42-29(34-26)36(23)4;2*1-6-2-4-7(5-3-6)11(8,9)10/h20-22H,6-19H2,1-5H3;2*2-5H,1H3,(H,8,9,10). The average Bonchev–Trinajstić information content (AvgIpc) is 3.23. The van der Waals surface area contributed by atoms with Crippen molar-refractivity contribution in [2.45, 2.75) is 119 Å². The van der Waals surface area contributed by atoms with Crippen LogP contribution in [0.1, 0.15) is 79.6 Å². The van der Waals surface area contributed by atoms with E-state index in [2.05, 4.69) is 52.8 Å². The summed E-state index contributed by atoms with van der Waals surface area (Å²) in [5, 5.41) is 9.00. The molecule has 0 amide bonds. The Bertz CT molecular complexity index is 2620. The van der Waals surface area contributed by atoms with E-state index in [9.17, 15) is 35.5 Å². The quantitative estimate of drug-likeness (QED) is 0.123. The lowest BCUT2D eigenvalue weighted by Gasteiger charge is -2.13. The lowest BCUT2D eigenvalue weighted by Crippen LogP contribution is -2.40. The van der Waals surface area contributed by atoms with E-state index in [0.717, 1.165) is 108 Å². The summed E-state index contributed by atoms with van der Waals surface area (Å²) >= 11 is 3.47. The smallest absolute Gasteiger partial charge is 0.361 e. The zero-order valence-corrected chi connectivity index (χ0v) is 41.6. The van der Waals surface area contributed by atoms with Gasteiger partial charge in [0, 0.05) is 61.6 Å². The van der Waals surface area contributed by atoms with E-state index < -0.39 is 20.2 Å². The molecule has 0 atom stereocenters. The van der Waals surface area contributed by atoms with Crippen molar-refractivity contribution in [2.75, 3.05) is 35.2 Å². The van der Waals surface area contributed by atoms with E-state index in [-0.39, 0.29) is 21.0 Å². The van der Waals surface area contributed by atoms with E-state index in [1.54, 1.807) is 58.4 Å². The minimum atomic E-state index is -4.27. The highest BCUT2D eigenvalue weighted by Crippen LogP contribution is 2.19. The molecule has 2 N–H and O–H groups in total. The van der Waals surface area contributed by atoms with Crippen LogP contribution in [0.25, 0.3) is 0 Å². The van der Waals surface area contributed by atoms with Crippen molar-refractivity contribution in [3.05, 3.63) is 116 Å². The number of fused-ring (bicyclic) bond motifs is 6. The molecule has 65 heavy (non-hydrogen) atoms.